The molecule has 3 atom stereocenters. The van der Waals surface area contributed by atoms with Crippen LogP contribution in [0, 0.1) is 5.92 Å². The highest BCUT2D eigenvalue weighted by atomic mass is 16.2. The van der Waals surface area contributed by atoms with Crippen LogP contribution in [0.15, 0.2) is 15.8 Å². The zero-order valence-corrected chi connectivity index (χ0v) is 15.3. The van der Waals surface area contributed by atoms with Crippen molar-refractivity contribution in [2.24, 2.45) is 11.7 Å². The minimum absolute atomic E-state index is 0.0724. The molecule has 0 aromatic carbocycles. The highest BCUT2D eigenvalue weighted by Gasteiger charge is 2.33. The average Bonchev–Trinajstić information content (AvgIpc) is 2.97. The number of nitrogens with zero attached hydrogens (tertiary/aromatic N) is 1. The number of urea groups is 1. The first-order chi connectivity index (χ1) is 12.4. The second-order valence-corrected chi connectivity index (χ2v) is 6.83. The third kappa shape index (κ3) is 5.68. The molecular formula is C16H29N7O3. The van der Waals surface area contributed by atoms with E-state index in [-0.39, 0.29) is 23.7 Å². The van der Waals surface area contributed by atoms with Crippen molar-refractivity contribution in [3.05, 3.63) is 32.6 Å². The van der Waals surface area contributed by atoms with Gasteiger partial charge in [0.15, 0.2) is 0 Å². The van der Waals surface area contributed by atoms with E-state index in [1.807, 2.05) is 0 Å². The highest BCUT2D eigenvalue weighted by Crippen LogP contribution is 2.19. The largest absolute Gasteiger partial charge is 0.341 e. The van der Waals surface area contributed by atoms with Crippen LogP contribution < -0.4 is 32.9 Å². The van der Waals surface area contributed by atoms with Gasteiger partial charge >= 0.3 is 11.7 Å². The molecule has 1 aliphatic heterocycles. The zero-order chi connectivity index (χ0) is 19.1. The number of carbonyl (C=O) groups excluding carboxylic acids is 1. The summed E-state index contributed by atoms with van der Waals surface area (Å²) in [5, 5.41) is 8.81. The van der Waals surface area contributed by atoms with Crippen LogP contribution in [0.5, 0.6) is 0 Å². The molecular weight excluding hydrogens is 338 g/mol. The number of rotatable bonds is 8. The van der Waals surface area contributed by atoms with Crippen molar-refractivity contribution in [3.8, 4) is 0 Å². The number of aromatic nitrogens is 2. The molecule has 0 bridgehead atoms. The minimum Gasteiger partial charge on any atom is -0.341 e. The molecule has 1 unspecified atom stereocenters. The van der Waals surface area contributed by atoms with Gasteiger partial charge in [0.2, 0.25) is 0 Å². The van der Waals surface area contributed by atoms with E-state index in [1.165, 1.54) is 6.20 Å². The Hall–Kier alpha value is -2.17. The molecule has 2 rings (SSSR count). The molecule has 1 aromatic rings. The van der Waals surface area contributed by atoms with E-state index in [0.29, 0.717) is 31.1 Å². The zero-order valence-electron chi connectivity index (χ0n) is 15.3. The summed E-state index contributed by atoms with van der Waals surface area (Å²) < 4.78 is 0. The number of carbonyl (C=O) groups is 1. The van der Waals surface area contributed by atoms with Gasteiger partial charge in [-0.15, -0.1) is 0 Å². The molecule has 0 radical (unpaired) electrons. The van der Waals surface area contributed by atoms with Crippen LogP contribution in [0.25, 0.3) is 0 Å². The number of nitrogens with two attached hydrogens (primary N) is 1. The molecule has 10 nitrogen and oxygen atoms in total. The summed E-state index contributed by atoms with van der Waals surface area (Å²) in [4.78, 5) is 41.4. The highest BCUT2D eigenvalue weighted by molar-refractivity contribution is 5.73. The maximum absolute atomic E-state index is 11.7. The Morgan fingerprint density at radius 3 is 2.88 bits per heavy atom. The lowest BCUT2D eigenvalue weighted by Crippen LogP contribution is -2.43. The van der Waals surface area contributed by atoms with Crippen molar-refractivity contribution in [1.29, 1.82) is 0 Å². The number of aromatic amines is 2. The van der Waals surface area contributed by atoms with Crippen LogP contribution >= 0.6 is 0 Å². The lowest BCUT2D eigenvalue weighted by atomic mass is 10.1. The second-order valence-electron chi connectivity index (χ2n) is 6.83. The van der Waals surface area contributed by atoms with Gasteiger partial charge in [-0.05, 0) is 18.9 Å². The lowest BCUT2D eigenvalue weighted by Gasteiger charge is -2.27. The Balaban J connectivity index is 1.93. The van der Waals surface area contributed by atoms with Gasteiger partial charge in [-0.25, -0.2) is 9.59 Å². The SMILES string of the molecule is CNC(=O)N[C@@H]1CC(CNCc2c[nH]c(=O)[nH]c2=O)N(C[C@@H](C)CN)C1. The molecule has 10 heteroatoms. The molecule has 1 aliphatic rings. The molecule has 146 valence electrons. The van der Waals surface area contributed by atoms with Gasteiger partial charge in [0, 0.05) is 57.1 Å². The lowest BCUT2D eigenvalue weighted by molar-refractivity contribution is 0.214. The molecule has 26 heavy (non-hydrogen) atoms. The van der Waals surface area contributed by atoms with Gasteiger partial charge in [0.05, 0.1) is 0 Å². The second kappa shape index (κ2) is 9.51. The minimum atomic E-state index is -0.514. The van der Waals surface area contributed by atoms with Crippen LogP contribution in [0.2, 0.25) is 0 Å². The fourth-order valence-corrected chi connectivity index (χ4v) is 3.20. The summed E-state index contributed by atoms with van der Waals surface area (Å²) in [6.07, 6.45) is 2.24. The van der Waals surface area contributed by atoms with Gasteiger partial charge in [-0.3, -0.25) is 14.7 Å². The average molecular weight is 367 g/mol. The van der Waals surface area contributed by atoms with Crippen LogP contribution in [0.1, 0.15) is 18.9 Å². The maximum atomic E-state index is 11.7. The van der Waals surface area contributed by atoms with Gasteiger partial charge in [0.1, 0.15) is 0 Å². The van der Waals surface area contributed by atoms with Crippen molar-refractivity contribution in [1.82, 2.24) is 30.8 Å². The number of likely N-dealkylation sites (tertiary alicyclic amines) is 1. The van der Waals surface area contributed by atoms with Gasteiger partial charge in [0.25, 0.3) is 5.56 Å². The molecule has 1 aromatic heterocycles. The molecule has 0 saturated carbocycles. The quantitative estimate of drug-likeness (QED) is 0.317. The molecule has 2 heterocycles. The molecule has 1 saturated heterocycles. The predicted molar refractivity (Wildman–Crippen MR) is 99.0 cm³/mol. The summed E-state index contributed by atoms with van der Waals surface area (Å²) >= 11 is 0. The maximum Gasteiger partial charge on any atom is 0.325 e. The summed E-state index contributed by atoms with van der Waals surface area (Å²) in [6, 6.07) is 0.117. The van der Waals surface area contributed by atoms with E-state index in [0.717, 1.165) is 19.5 Å². The monoisotopic (exact) mass is 367 g/mol. The Morgan fingerprint density at radius 2 is 2.23 bits per heavy atom. The Morgan fingerprint density at radius 1 is 1.46 bits per heavy atom. The van der Waals surface area contributed by atoms with Crippen molar-refractivity contribution >= 4 is 6.03 Å². The van der Waals surface area contributed by atoms with E-state index < -0.39 is 5.69 Å². The number of amides is 2. The third-order valence-electron chi connectivity index (χ3n) is 4.63. The number of nitrogens with one attached hydrogen (secondary N) is 5. The molecule has 1 fully saturated rings. The summed E-state index contributed by atoms with van der Waals surface area (Å²) in [5.41, 5.74) is 5.32. The van der Waals surface area contributed by atoms with E-state index in [1.54, 1.807) is 7.05 Å². The Bertz CT molecular complexity index is 702. The van der Waals surface area contributed by atoms with Crippen molar-refractivity contribution in [3.63, 3.8) is 0 Å². The summed E-state index contributed by atoms with van der Waals surface area (Å²) in [5.74, 6) is 0.360. The normalized spacial score (nSPS) is 21.5. The summed E-state index contributed by atoms with van der Waals surface area (Å²) in [6.45, 7) is 5.36. The van der Waals surface area contributed by atoms with E-state index in [2.05, 4.69) is 37.7 Å². The third-order valence-corrected chi connectivity index (χ3v) is 4.63. The Labute approximate surface area is 151 Å². The first-order valence-corrected chi connectivity index (χ1v) is 8.86. The predicted octanol–water partition coefficient (Wildman–Crippen LogP) is -1.88. The smallest absolute Gasteiger partial charge is 0.325 e. The first-order valence-electron chi connectivity index (χ1n) is 8.86. The van der Waals surface area contributed by atoms with Gasteiger partial charge < -0.3 is 26.7 Å². The van der Waals surface area contributed by atoms with Crippen molar-refractivity contribution < 1.29 is 4.79 Å². The van der Waals surface area contributed by atoms with Crippen molar-refractivity contribution in [2.45, 2.75) is 32.0 Å². The fourth-order valence-electron chi connectivity index (χ4n) is 3.20. The summed E-state index contributed by atoms with van der Waals surface area (Å²) in [7, 11) is 1.60. The van der Waals surface area contributed by atoms with Crippen LogP contribution in [-0.2, 0) is 6.54 Å². The van der Waals surface area contributed by atoms with Crippen LogP contribution in [-0.4, -0.2) is 66.2 Å². The van der Waals surface area contributed by atoms with Crippen molar-refractivity contribution in [2.75, 3.05) is 33.2 Å². The first kappa shape index (κ1) is 20.1. The number of hydrogen-bond donors (Lipinski definition) is 6. The van der Waals surface area contributed by atoms with E-state index in [4.69, 9.17) is 5.73 Å². The molecule has 2 amide bonds. The van der Waals surface area contributed by atoms with Crippen LogP contribution in [0.4, 0.5) is 4.79 Å². The van der Waals surface area contributed by atoms with E-state index in [9.17, 15) is 14.4 Å². The molecule has 0 spiro atoms. The fraction of sp³-hybridized carbons (Fsp3) is 0.688. The van der Waals surface area contributed by atoms with Gasteiger partial charge in [-0.1, -0.05) is 6.92 Å². The number of H-pyrrole nitrogens is 2. The molecule has 0 aliphatic carbocycles. The van der Waals surface area contributed by atoms with E-state index >= 15 is 0 Å². The topological polar surface area (TPSA) is 148 Å². The van der Waals surface area contributed by atoms with Crippen LogP contribution in [0.3, 0.4) is 0 Å². The molecule has 7 N–H and O–H groups in total. The Kier molecular flexibility index (Phi) is 7.37. The number of hydrogen-bond acceptors (Lipinski definition) is 6. The standard InChI is InChI=1S/C16H29N7O3/c1-10(4-17)8-23-9-12(21-15(25)18-2)3-13(23)7-19-5-11-6-20-16(26)22-14(11)24/h6,10,12-13,19H,3-5,7-9,17H2,1-2H3,(H2,18,21,25)(H2,20,22,24,26)/t10-,12+,13?/m0/s1. The van der Waals surface area contributed by atoms with Gasteiger partial charge in [-0.2, -0.15) is 0 Å².